The van der Waals surface area contributed by atoms with Crippen molar-refractivity contribution >= 4 is 5.91 Å². The molecule has 3 nitrogen and oxygen atoms in total. The first-order valence-corrected chi connectivity index (χ1v) is 7.78. The third-order valence-electron chi connectivity index (χ3n) is 4.12. The average Bonchev–Trinajstić information content (AvgIpc) is 2.61. The molecule has 1 amide bonds. The lowest BCUT2D eigenvalue weighted by atomic mass is 9.87. The monoisotopic (exact) mass is 310 g/mol. The SMILES string of the molecule is O=C(NNC1=CCC(c2ccccc2)CC1)c1ccc(F)cc1. The third kappa shape index (κ3) is 3.97. The molecule has 2 N–H and O–H groups in total. The lowest BCUT2D eigenvalue weighted by Gasteiger charge is -2.23. The molecule has 0 saturated heterocycles. The first-order chi connectivity index (χ1) is 11.2. The van der Waals surface area contributed by atoms with Crippen LogP contribution in [0.25, 0.3) is 0 Å². The summed E-state index contributed by atoms with van der Waals surface area (Å²) in [4.78, 5) is 12.0. The molecule has 2 aromatic carbocycles. The van der Waals surface area contributed by atoms with Gasteiger partial charge in [-0.05, 0) is 55.0 Å². The van der Waals surface area contributed by atoms with Gasteiger partial charge < -0.3 is 5.43 Å². The van der Waals surface area contributed by atoms with Crippen LogP contribution in [0.5, 0.6) is 0 Å². The van der Waals surface area contributed by atoms with E-state index >= 15 is 0 Å². The number of hydrogen-bond acceptors (Lipinski definition) is 2. The first-order valence-electron chi connectivity index (χ1n) is 7.78. The van der Waals surface area contributed by atoms with Crippen molar-refractivity contribution in [3.8, 4) is 0 Å². The molecular formula is C19H19FN2O. The third-order valence-corrected chi connectivity index (χ3v) is 4.12. The van der Waals surface area contributed by atoms with Gasteiger partial charge in [0.15, 0.2) is 0 Å². The molecule has 0 bridgehead atoms. The van der Waals surface area contributed by atoms with Crippen LogP contribution in [0.15, 0.2) is 66.4 Å². The highest BCUT2D eigenvalue weighted by molar-refractivity contribution is 5.93. The first kappa shape index (κ1) is 15.3. The van der Waals surface area contributed by atoms with E-state index in [1.807, 2.05) is 6.07 Å². The van der Waals surface area contributed by atoms with Crippen LogP contribution < -0.4 is 10.9 Å². The van der Waals surface area contributed by atoms with Gasteiger partial charge in [-0.2, -0.15) is 0 Å². The topological polar surface area (TPSA) is 41.1 Å². The van der Waals surface area contributed by atoms with Gasteiger partial charge in [-0.1, -0.05) is 36.4 Å². The smallest absolute Gasteiger partial charge is 0.269 e. The standard InChI is InChI=1S/C19H19FN2O/c20-17-10-6-16(7-11-17)19(23)22-21-18-12-8-15(9-13-18)14-4-2-1-3-5-14/h1-7,10-12,15,21H,8-9,13H2,(H,22,23). The maximum Gasteiger partial charge on any atom is 0.269 e. The zero-order valence-corrected chi connectivity index (χ0v) is 12.8. The summed E-state index contributed by atoms with van der Waals surface area (Å²) in [5.41, 5.74) is 8.45. The van der Waals surface area contributed by atoms with Crippen LogP contribution in [-0.2, 0) is 0 Å². The molecule has 0 spiro atoms. The average molecular weight is 310 g/mol. The Labute approximate surface area is 135 Å². The van der Waals surface area contributed by atoms with Crippen LogP contribution in [0.3, 0.4) is 0 Å². The molecule has 0 saturated carbocycles. The van der Waals surface area contributed by atoms with Crippen LogP contribution in [0.2, 0.25) is 0 Å². The Bertz CT molecular complexity index is 695. The van der Waals surface area contributed by atoms with Crippen molar-refractivity contribution in [1.29, 1.82) is 0 Å². The van der Waals surface area contributed by atoms with E-state index in [4.69, 9.17) is 0 Å². The molecule has 23 heavy (non-hydrogen) atoms. The molecule has 1 atom stereocenters. The molecule has 2 aromatic rings. The number of allylic oxidation sites excluding steroid dienone is 2. The van der Waals surface area contributed by atoms with E-state index in [0.717, 1.165) is 25.0 Å². The van der Waals surface area contributed by atoms with Crippen molar-refractivity contribution in [3.63, 3.8) is 0 Å². The highest BCUT2D eigenvalue weighted by Crippen LogP contribution is 2.30. The van der Waals surface area contributed by atoms with Crippen molar-refractivity contribution in [2.75, 3.05) is 0 Å². The number of hydrogen-bond donors (Lipinski definition) is 2. The molecule has 0 fully saturated rings. The van der Waals surface area contributed by atoms with E-state index in [1.165, 1.54) is 29.8 Å². The molecular weight excluding hydrogens is 291 g/mol. The summed E-state index contributed by atoms with van der Waals surface area (Å²) in [7, 11) is 0. The Morgan fingerprint density at radius 3 is 2.43 bits per heavy atom. The number of nitrogens with one attached hydrogen (secondary N) is 2. The number of carbonyl (C=O) groups excluding carboxylic acids is 1. The van der Waals surface area contributed by atoms with E-state index in [1.54, 1.807) is 0 Å². The summed E-state index contributed by atoms with van der Waals surface area (Å²) in [6, 6.07) is 16.0. The van der Waals surface area contributed by atoms with Crippen LogP contribution in [-0.4, -0.2) is 5.91 Å². The number of halogens is 1. The van der Waals surface area contributed by atoms with Crippen LogP contribution in [0, 0.1) is 5.82 Å². The summed E-state index contributed by atoms with van der Waals surface area (Å²) >= 11 is 0. The summed E-state index contributed by atoms with van der Waals surface area (Å²) in [5, 5.41) is 0. The fourth-order valence-corrected chi connectivity index (χ4v) is 2.79. The number of benzene rings is 2. The highest BCUT2D eigenvalue weighted by atomic mass is 19.1. The fraction of sp³-hybridized carbons (Fsp3) is 0.211. The molecule has 0 radical (unpaired) electrons. The predicted molar refractivity (Wildman–Crippen MR) is 88.1 cm³/mol. The second-order valence-corrected chi connectivity index (χ2v) is 5.70. The van der Waals surface area contributed by atoms with E-state index in [-0.39, 0.29) is 11.7 Å². The zero-order chi connectivity index (χ0) is 16.1. The van der Waals surface area contributed by atoms with Gasteiger partial charge in [-0.3, -0.25) is 10.2 Å². The second kappa shape index (κ2) is 7.09. The van der Waals surface area contributed by atoms with Gasteiger partial charge in [0.25, 0.3) is 5.91 Å². The van der Waals surface area contributed by atoms with Crippen molar-refractivity contribution in [2.24, 2.45) is 0 Å². The Balaban J connectivity index is 1.53. The molecule has 3 rings (SSSR count). The van der Waals surface area contributed by atoms with Gasteiger partial charge in [-0.15, -0.1) is 0 Å². The van der Waals surface area contributed by atoms with Gasteiger partial charge in [-0.25, -0.2) is 4.39 Å². The fourth-order valence-electron chi connectivity index (χ4n) is 2.79. The van der Waals surface area contributed by atoms with Crippen molar-refractivity contribution in [2.45, 2.75) is 25.2 Å². The second-order valence-electron chi connectivity index (χ2n) is 5.70. The minimum absolute atomic E-state index is 0.268. The summed E-state index contributed by atoms with van der Waals surface area (Å²) in [6.07, 6.45) is 5.03. The molecule has 1 aliphatic rings. The van der Waals surface area contributed by atoms with Gasteiger partial charge in [0.05, 0.1) is 0 Å². The minimum Gasteiger partial charge on any atom is -0.303 e. The van der Waals surface area contributed by atoms with Crippen molar-refractivity contribution in [3.05, 3.63) is 83.3 Å². The maximum atomic E-state index is 12.8. The van der Waals surface area contributed by atoms with Gasteiger partial charge >= 0.3 is 0 Å². The molecule has 1 aliphatic carbocycles. The lowest BCUT2D eigenvalue weighted by molar-refractivity contribution is 0.0938. The van der Waals surface area contributed by atoms with Crippen LogP contribution in [0.1, 0.15) is 41.1 Å². The Kier molecular flexibility index (Phi) is 4.71. The summed E-state index contributed by atoms with van der Waals surface area (Å²) in [5.74, 6) is -0.0814. The predicted octanol–water partition coefficient (Wildman–Crippen LogP) is 3.91. The highest BCUT2D eigenvalue weighted by Gasteiger charge is 2.16. The van der Waals surface area contributed by atoms with Crippen LogP contribution in [0.4, 0.5) is 4.39 Å². The molecule has 0 aromatic heterocycles. The Morgan fingerprint density at radius 2 is 1.78 bits per heavy atom. The number of carbonyl (C=O) groups is 1. The van der Waals surface area contributed by atoms with Gasteiger partial charge in [0, 0.05) is 11.3 Å². The summed E-state index contributed by atoms with van der Waals surface area (Å²) in [6.45, 7) is 0. The Hall–Kier alpha value is -2.62. The van der Waals surface area contributed by atoms with Crippen LogP contribution >= 0.6 is 0 Å². The van der Waals surface area contributed by atoms with Gasteiger partial charge in [0.2, 0.25) is 0 Å². The quantitative estimate of drug-likeness (QED) is 0.841. The van der Waals surface area contributed by atoms with E-state index in [0.29, 0.717) is 11.5 Å². The number of rotatable bonds is 4. The number of amides is 1. The molecule has 0 heterocycles. The largest absolute Gasteiger partial charge is 0.303 e. The molecule has 0 aliphatic heterocycles. The Morgan fingerprint density at radius 1 is 1.04 bits per heavy atom. The van der Waals surface area contributed by atoms with E-state index < -0.39 is 0 Å². The van der Waals surface area contributed by atoms with Gasteiger partial charge in [0.1, 0.15) is 5.82 Å². The lowest BCUT2D eigenvalue weighted by Crippen LogP contribution is -2.37. The maximum absolute atomic E-state index is 12.8. The summed E-state index contributed by atoms with van der Waals surface area (Å²) < 4.78 is 12.8. The molecule has 1 unspecified atom stereocenters. The normalized spacial score (nSPS) is 17.3. The zero-order valence-electron chi connectivity index (χ0n) is 12.8. The van der Waals surface area contributed by atoms with E-state index in [2.05, 4.69) is 41.2 Å². The number of hydrazine groups is 1. The van der Waals surface area contributed by atoms with Crippen molar-refractivity contribution in [1.82, 2.24) is 10.9 Å². The van der Waals surface area contributed by atoms with E-state index in [9.17, 15) is 9.18 Å². The molecule has 118 valence electrons. The molecule has 4 heteroatoms. The minimum atomic E-state index is -0.351. The van der Waals surface area contributed by atoms with Crippen molar-refractivity contribution < 1.29 is 9.18 Å².